The third-order valence-corrected chi connectivity index (χ3v) is 6.77. The number of hydrogen-bond donors (Lipinski definition) is 5. The molecule has 2 amide bonds. The van der Waals surface area contributed by atoms with Crippen LogP contribution in [0.5, 0.6) is 5.75 Å². The minimum atomic E-state index is -0.463. The second kappa shape index (κ2) is 14.3. The van der Waals surface area contributed by atoms with Crippen LogP contribution < -0.4 is 21.3 Å². The topological polar surface area (TPSA) is 115 Å². The van der Waals surface area contributed by atoms with Crippen LogP contribution in [-0.2, 0) is 10.2 Å². The standard InChI is InChI=1S/C33H43N5O3/c1-7-10-12-22(8-2)23-15-24(17-26(16-23)33(4,5)6)29(9-3)38-30(40)21-36-31(41)25-18-27(20-28(39)19-25)37-32-34-13-11-14-35-32/h7-8,10,12,15-20,29,39H,1,9,11,13-14,21H2,2-6H3,(H,36,41)(H,38,40)(H2,34,35,37)/b12-10-,22-8+. The third kappa shape index (κ3) is 9.10. The molecule has 1 aliphatic rings. The molecular formula is C33H43N5O3. The fourth-order valence-electron chi connectivity index (χ4n) is 4.48. The summed E-state index contributed by atoms with van der Waals surface area (Å²) in [7, 11) is 0. The molecule has 2 aromatic carbocycles. The van der Waals surface area contributed by atoms with Crippen molar-refractivity contribution in [2.24, 2.45) is 4.99 Å². The number of phenolic OH excluding ortho intramolecular Hbond substituents is 1. The summed E-state index contributed by atoms with van der Waals surface area (Å²) in [5.74, 6) is -0.236. The number of carbonyl (C=O) groups is 2. The van der Waals surface area contributed by atoms with Crippen molar-refractivity contribution in [1.82, 2.24) is 16.0 Å². The first kappa shape index (κ1) is 31.2. The lowest BCUT2D eigenvalue weighted by Gasteiger charge is -2.25. The second-order valence-electron chi connectivity index (χ2n) is 11.0. The number of nitrogens with zero attached hydrogens (tertiary/aromatic N) is 1. The molecule has 41 heavy (non-hydrogen) atoms. The number of anilines is 1. The first-order chi connectivity index (χ1) is 19.5. The van der Waals surface area contributed by atoms with Crippen molar-refractivity contribution in [3.63, 3.8) is 0 Å². The van der Waals surface area contributed by atoms with Crippen LogP contribution in [0, 0.1) is 0 Å². The first-order valence-electron chi connectivity index (χ1n) is 14.1. The zero-order valence-electron chi connectivity index (χ0n) is 24.8. The van der Waals surface area contributed by atoms with Gasteiger partial charge in [-0.2, -0.15) is 0 Å². The number of guanidine groups is 1. The third-order valence-electron chi connectivity index (χ3n) is 6.77. The molecule has 1 atom stereocenters. The monoisotopic (exact) mass is 557 g/mol. The SMILES string of the molecule is C=C/C=C\C(=C/C)c1cc(C(CC)NC(=O)CNC(=O)c2cc(O)cc(NC3=NCCCN3)c2)cc(C(C)(C)C)c1. The molecule has 8 nitrogen and oxygen atoms in total. The van der Waals surface area contributed by atoms with E-state index in [4.69, 9.17) is 0 Å². The number of allylic oxidation sites excluding steroid dienone is 5. The highest BCUT2D eigenvalue weighted by Crippen LogP contribution is 2.31. The van der Waals surface area contributed by atoms with Gasteiger partial charge in [0.1, 0.15) is 5.75 Å². The van der Waals surface area contributed by atoms with Crippen molar-refractivity contribution < 1.29 is 14.7 Å². The largest absolute Gasteiger partial charge is 0.508 e. The Morgan fingerprint density at radius 2 is 1.93 bits per heavy atom. The van der Waals surface area contributed by atoms with E-state index in [1.165, 1.54) is 17.7 Å². The van der Waals surface area contributed by atoms with E-state index in [2.05, 4.69) is 77.9 Å². The summed E-state index contributed by atoms with van der Waals surface area (Å²) < 4.78 is 0. The molecule has 0 aliphatic carbocycles. The van der Waals surface area contributed by atoms with Gasteiger partial charge in [0.2, 0.25) is 5.91 Å². The summed E-state index contributed by atoms with van der Waals surface area (Å²) >= 11 is 0. The van der Waals surface area contributed by atoms with E-state index < -0.39 is 5.91 Å². The number of phenols is 1. The Morgan fingerprint density at radius 1 is 1.15 bits per heavy atom. The second-order valence-corrected chi connectivity index (χ2v) is 11.0. The molecule has 0 saturated carbocycles. The molecule has 1 unspecified atom stereocenters. The van der Waals surface area contributed by atoms with E-state index in [0.29, 0.717) is 24.6 Å². The molecule has 8 heteroatoms. The average molecular weight is 558 g/mol. The summed E-state index contributed by atoms with van der Waals surface area (Å²) in [6, 6.07) is 10.7. The number of rotatable bonds is 10. The Balaban J connectivity index is 1.73. The maximum absolute atomic E-state index is 13.0. The molecule has 1 aliphatic heterocycles. The van der Waals surface area contributed by atoms with Crippen molar-refractivity contribution in [3.8, 4) is 5.75 Å². The van der Waals surface area contributed by atoms with Crippen LogP contribution in [0.3, 0.4) is 0 Å². The minimum Gasteiger partial charge on any atom is -0.508 e. The van der Waals surface area contributed by atoms with Crippen LogP contribution in [0.25, 0.3) is 5.57 Å². The van der Waals surface area contributed by atoms with Crippen molar-refractivity contribution in [2.75, 3.05) is 25.0 Å². The van der Waals surface area contributed by atoms with Gasteiger partial charge in [-0.1, -0.05) is 70.7 Å². The van der Waals surface area contributed by atoms with Gasteiger partial charge in [-0.05, 0) is 65.6 Å². The summed E-state index contributed by atoms with van der Waals surface area (Å²) in [5, 5.41) is 22.1. The van der Waals surface area contributed by atoms with Crippen LogP contribution >= 0.6 is 0 Å². The Labute approximate surface area is 243 Å². The van der Waals surface area contributed by atoms with Crippen LogP contribution in [0.2, 0.25) is 0 Å². The molecule has 1 heterocycles. The molecule has 0 aromatic heterocycles. The van der Waals surface area contributed by atoms with E-state index in [0.717, 1.165) is 29.7 Å². The van der Waals surface area contributed by atoms with E-state index in [-0.39, 0.29) is 35.2 Å². The lowest BCUT2D eigenvalue weighted by molar-refractivity contribution is -0.120. The number of amides is 2. The highest BCUT2D eigenvalue weighted by molar-refractivity contribution is 6.00. The average Bonchev–Trinajstić information content (AvgIpc) is 2.94. The van der Waals surface area contributed by atoms with Gasteiger partial charge in [0.15, 0.2) is 5.96 Å². The van der Waals surface area contributed by atoms with E-state index in [9.17, 15) is 14.7 Å². The van der Waals surface area contributed by atoms with Gasteiger partial charge in [-0.3, -0.25) is 14.6 Å². The Bertz CT molecular complexity index is 1350. The first-order valence-corrected chi connectivity index (χ1v) is 14.1. The molecule has 0 radical (unpaired) electrons. The number of aromatic hydroxyl groups is 1. The van der Waals surface area contributed by atoms with Gasteiger partial charge in [-0.15, -0.1) is 0 Å². The molecule has 2 aromatic rings. The Morgan fingerprint density at radius 3 is 2.56 bits per heavy atom. The van der Waals surface area contributed by atoms with E-state index >= 15 is 0 Å². The van der Waals surface area contributed by atoms with Gasteiger partial charge < -0.3 is 26.4 Å². The van der Waals surface area contributed by atoms with Gasteiger partial charge in [0, 0.05) is 30.4 Å². The lowest BCUT2D eigenvalue weighted by atomic mass is 9.83. The quantitative estimate of drug-likeness (QED) is 0.244. The zero-order valence-corrected chi connectivity index (χ0v) is 24.8. The number of nitrogens with one attached hydrogen (secondary N) is 4. The zero-order chi connectivity index (χ0) is 30.0. The molecule has 0 spiro atoms. The van der Waals surface area contributed by atoms with Crippen molar-refractivity contribution in [2.45, 2.75) is 58.9 Å². The molecule has 0 fully saturated rings. The van der Waals surface area contributed by atoms with Crippen LogP contribution in [-0.4, -0.2) is 42.5 Å². The van der Waals surface area contributed by atoms with Gasteiger partial charge in [0.25, 0.3) is 5.91 Å². The highest BCUT2D eigenvalue weighted by Gasteiger charge is 2.21. The molecule has 3 rings (SSSR count). The molecule has 218 valence electrons. The molecule has 5 N–H and O–H groups in total. The van der Waals surface area contributed by atoms with Crippen molar-refractivity contribution in [1.29, 1.82) is 0 Å². The fraction of sp³-hybridized carbons (Fsp3) is 0.364. The van der Waals surface area contributed by atoms with Crippen molar-refractivity contribution in [3.05, 3.63) is 89.5 Å². The van der Waals surface area contributed by atoms with Crippen LogP contribution in [0.4, 0.5) is 5.69 Å². The minimum absolute atomic E-state index is 0.0648. The Kier molecular flexibility index (Phi) is 10.9. The summed E-state index contributed by atoms with van der Waals surface area (Å²) in [6.45, 7) is 15.6. The maximum atomic E-state index is 13.0. The van der Waals surface area contributed by atoms with E-state index in [1.54, 1.807) is 12.1 Å². The lowest BCUT2D eigenvalue weighted by Crippen LogP contribution is -2.38. The maximum Gasteiger partial charge on any atom is 0.251 e. The number of aliphatic imine (C=N–C) groups is 1. The normalized spacial score (nSPS) is 14.6. The number of carbonyl (C=O) groups excluding carboxylic acids is 2. The van der Waals surface area contributed by atoms with E-state index in [1.807, 2.05) is 26.0 Å². The highest BCUT2D eigenvalue weighted by atomic mass is 16.3. The summed E-state index contributed by atoms with van der Waals surface area (Å²) in [6.07, 6.45) is 9.37. The fourth-order valence-corrected chi connectivity index (χ4v) is 4.48. The van der Waals surface area contributed by atoms with Crippen LogP contribution in [0.15, 0.2) is 72.3 Å². The molecule has 0 bridgehead atoms. The van der Waals surface area contributed by atoms with Gasteiger partial charge in [0.05, 0.1) is 12.6 Å². The molecule has 0 saturated heterocycles. The number of benzene rings is 2. The summed E-state index contributed by atoms with van der Waals surface area (Å²) in [4.78, 5) is 30.2. The molecular weight excluding hydrogens is 514 g/mol. The van der Waals surface area contributed by atoms with Gasteiger partial charge in [-0.25, -0.2) is 0 Å². The predicted octanol–water partition coefficient (Wildman–Crippen LogP) is 5.59. The number of hydrogen-bond acceptors (Lipinski definition) is 6. The Hall–Kier alpha value is -4.33. The predicted molar refractivity (Wildman–Crippen MR) is 168 cm³/mol. The van der Waals surface area contributed by atoms with Crippen LogP contribution in [0.1, 0.15) is 80.6 Å². The summed E-state index contributed by atoms with van der Waals surface area (Å²) in [5.41, 5.74) is 4.98. The van der Waals surface area contributed by atoms with Gasteiger partial charge >= 0.3 is 0 Å². The van der Waals surface area contributed by atoms with Crippen molar-refractivity contribution >= 4 is 29.0 Å². The smallest absolute Gasteiger partial charge is 0.251 e.